The van der Waals surface area contributed by atoms with E-state index >= 15 is 0 Å². The Bertz CT molecular complexity index is 544. The molecule has 1 atom stereocenters. The van der Waals surface area contributed by atoms with Crippen molar-refractivity contribution < 1.29 is 0 Å². The van der Waals surface area contributed by atoms with Crippen molar-refractivity contribution in [3.63, 3.8) is 0 Å². The van der Waals surface area contributed by atoms with Gasteiger partial charge in [0.05, 0.1) is 5.52 Å². The number of pyridine rings is 1. The van der Waals surface area contributed by atoms with Crippen LogP contribution >= 0.6 is 11.6 Å². The topological polar surface area (TPSA) is 63.0 Å². The molecule has 0 saturated heterocycles. The van der Waals surface area contributed by atoms with Gasteiger partial charge in [0.25, 0.3) is 0 Å². The Morgan fingerprint density at radius 1 is 1.37 bits per heavy atom. The summed E-state index contributed by atoms with van der Waals surface area (Å²) in [6, 6.07) is 8.08. The van der Waals surface area contributed by atoms with Crippen LogP contribution in [-0.4, -0.2) is 31.2 Å². The van der Waals surface area contributed by atoms with Crippen LogP contribution in [0.25, 0.3) is 10.9 Å². The van der Waals surface area contributed by atoms with Crippen LogP contribution in [0.2, 0.25) is 5.02 Å². The Hall–Kier alpha value is -1.36. The summed E-state index contributed by atoms with van der Waals surface area (Å²) >= 11 is 5.98. The molecule has 0 fully saturated rings. The SMILES string of the molecule is CNC(CCN)CNc1ccnc2cc(Cl)ccc12. The van der Waals surface area contributed by atoms with Crippen molar-refractivity contribution in [3.05, 3.63) is 35.5 Å². The second kappa shape index (κ2) is 6.70. The number of nitrogens with zero attached hydrogens (tertiary/aromatic N) is 1. The molecule has 0 spiro atoms. The zero-order valence-electron chi connectivity index (χ0n) is 11.0. The van der Waals surface area contributed by atoms with Gasteiger partial charge in [-0.1, -0.05) is 11.6 Å². The highest BCUT2D eigenvalue weighted by Crippen LogP contribution is 2.24. The maximum atomic E-state index is 5.98. The first kappa shape index (κ1) is 14.1. The summed E-state index contributed by atoms with van der Waals surface area (Å²) in [4.78, 5) is 4.33. The number of nitrogens with two attached hydrogens (primary N) is 1. The van der Waals surface area contributed by atoms with E-state index in [9.17, 15) is 0 Å². The molecule has 0 bridgehead atoms. The van der Waals surface area contributed by atoms with Crippen molar-refractivity contribution in [2.24, 2.45) is 5.73 Å². The molecule has 0 aliphatic carbocycles. The fourth-order valence-corrected chi connectivity index (χ4v) is 2.22. The van der Waals surface area contributed by atoms with E-state index < -0.39 is 0 Å². The van der Waals surface area contributed by atoms with E-state index in [0.29, 0.717) is 17.6 Å². The standard InChI is InChI=1S/C14H19ClN4/c1-17-11(4-6-16)9-19-13-5-7-18-14-8-10(15)2-3-12(13)14/h2-3,5,7-8,11,17H,4,6,9,16H2,1H3,(H,18,19). The molecular weight excluding hydrogens is 260 g/mol. The smallest absolute Gasteiger partial charge is 0.0737 e. The van der Waals surface area contributed by atoms with E-state index in [4.69, 9.17) is 17.3 Å². The van der Waals surface area contributed by atoms with E-state index in [1.54, 1.807) is 6.20 Å². The number of aromatic nitrogens is 1. The molecule has 4 nitrogen and oxygen atoms in total. The molecule has 1 aromatic carbocycles. The molecule has 19 heavy (non-hydrogen) atoms. The Balaban J connectivity index is 2.16. The van der Waals surface area contributed by atoms with E-state index in [0.717, 1.165) is 29.6 Å². The molecule has 1 aromatic heterocycles. The highest BCUT2D eigenvalue weighted by molar-refractivity contribution is 6.31. The fourth-order valence-electron chi connectivity index (χ4n) is 2.06. The Morgan fingerprint density at radius 2 is 2.21 bits per heavy atom. The van der Waals surface area contributed by atoms with Crippen LogP contribution in [0.3, 0.4) is 0 Å². The predicted octanol–water partition coefficient (Wildman–Crippen LogP) is 2.24. The first-order valence-electron chi connectivity index (χ1n) is 6.40. The molecule has 4 N–H and O–H groups in total. The lowest BCUT2D eigenvalue weighted by molar-refractivity contribution is 0.551. The third kappa shape index (κ3) is 3.56. The zero-order valence-corrected chi connectivity index (χ0v) is 11.7. The number of halogens is 1. The second-order valence-corrected chi connectivity index (χ2v) is 4.90. The lowest BCUT2D eigenvalue weighted by atomic mass is 10.1. The summed E-state index contributed by atoms with van der Waals surface area (Å²) in [5.41, 5.74) is 7.56. The van der Waals surface area contributed by atoms with Crippen LogP contribution in [0.4, 0.5) is 5.69 Å². The average Bonchev–Trinajstić information content (AvgIpc) is 2.43. The molecule has 1 unspecified atom stereocenters. The summed E-state index contributed by atoms with van der Waals surface area (Å²) in [5, 5.41) is 8.47. The first-order chi connectivity index (χ1) is 9.24. The minimum atomic E-state index is 0.362. The highest BCUT2D eigenvalue weighted by Gasteiger charge is 2.06. The first-order valence-corrected chi connectivity index (χ1v) is 6.78. The molecule has 5 heteroatoms. The monoisotopic (exact) mass is 278 g/mol. The van der Waals surface area contributed by atoms with Crippen LogP contribution in [0.5, 0.6) is 0 Å². The molecule has 0 saturated carbocycles. The minimum Gasteiger partial charge on any atom is -0.383 e. The number of nitrogens with one attached hydrogen (secondary N) is 2. The predicted molar refractivity (Wildman–Crippen MR) is 81.8 cm³/mol. The number of hydrogen-bond donors (Lipinski definition) is 3. The Labute approximate surface area is 118 Å². The molecule has 2 rings (SSSR count). The van der Waals surface area contributed by atoms with Gasteiger partial charge < -0.3 is 16.4 Å². The molecule has 1 heterocycles. The third-order valence-electron chi connectivity index (χ3n) is 3.17. The molecule has 0 amide bonds. The van der Waals surface area contributed by atoms with Crippen LogP contribution < -0.4 is 16.4 Å². The van der Waals surface area contributed by atoms with Gasteiger partial charge in [-0.3, -0.25) is 4.98 Å². The van der Waals surface area contributed by atoms with Gasteiger partial charge in [0, 0.05) is 34.9 Å². The van der Waals surface area contributed by atoms with Gasteiger partial charge in [0.1, 0.15) is 0 Å². The van der Waals surface area contributed by atoms with Gasteiger partial charge in [-0.25, -0.2) is 0 Å². The highest BCUT2D eigenvalue weighted by atomic mass is 35.5. The minimum absolute atomic E-state index is 0.362. The lowest BCUT2D eigenvalue weighted by Crippen LogP contribution is -2.34. The third-order valence-corrected chi connectivity index (χ3v) is 3.40. The van der Waals surface area contributed by atoms with Crippen molar-refractivity contribution >= 4 is 28.2 Å². The summed E-state index contributed by atoms with van der Waals surface area (Å²) in [5.74, 6) is 0. The average molecular weight is 279 g/mol. The van der Waals surface area contributed by atoms with Crippen molar-refractivity contribution in [2.45, 2.75) is 12.5 Å². The molecular formula is C14H19ClN4. The van der Waals surface area contributed by atoms with Crippen molar-refractivity contribution in [1.82, 2.24) is 10.3 Å². The van der Waals surface area contributed by atoms with E-state index in [1.165, 1.54) is 0 Å². The van der Waals surface area contributed by atoms with E-state index in [2.05, 4.69) is 15.6 Å². The largest absolute Gasteiger partial charge is 0.383 e. The van der Waals surface area contributed by atoms with Crippen LogP contribution in [0.1, 0.15) is 6.42 Å². The van der Waals surface area contributed by atoms with Gasteiger partial charge in [0.15, 0.2) is 0 Å². The maximum Gasteiger partial charge on any atom is 0.0737 e. The van der Waals surface area contributed by atoms with Gasteiger partial charge in [-0.15, -0.1) is 0 Å². The van der Waals surface area contributed by atoms with Gasteiger partial charge in [-0.05, 0) is 44.3 Å². The van der Waals surface area contributed by atoms with Crippen LogP contribution in [0, 0.1) is 0 Å². The number of benzene rings is 1. The van der Waals surface area contributed by atoms with Crippen LogP contribution in [0.15, 0.2) is 30.5 Å². The number of rotatable bonds is 6. The molecule has 0 aliphatic rings. The summed E-state index contributed by atoms with van der Waals surface area (Å²) in [6.45, 7) is 1.51. The maximum absolute atomic E-state index is 5.98. The van der Waals surface area contributed by atoms with Gasteiger partial charge in [-0.2, -0.15) is 0 Å². The molecule has 102 valence electrons. The quantitative estimate of drug-likeness (QED) is 0.758. The van der Waals surface area contributed by atoms with Gasteiger partial charge >= 0.3 is 0 Å². The molecule has 0 radical (unpaired) electrons. The van der Waals surface area contributed by atoms with Crippen LogP contribution in [-0.2, 0) is 0 Å². The van der Waals surface area contributed by atoms with Gasteiger partial charge in [0.2, 0.25) is 0 Å². The summed E-state index contributed by atoms with van der Waals surface area (Å²) < 4.78 is 0. The summed E-state index contributed by atoms with van der Waals surface area (Å²) in [7, 11) is 1.95. The zero-order chi connectivity index (χ0) is 13.7. The number of fused-ring (bicyclic) bond motifs is 1. The van der Waals surface area contributed by atoms with E-state index in [1.807, 2.05) is 31.3 Å². The van der Waals surface area contributed by atoms with Crippen molar-refractivity contribution in [1.29, 1.82) is 0 Å². The Kier molecular flexibility index (Phi) is 4.96. The number of likely N-dealkylation sites (N-methyl/N-ethyl adjacent to an activating group) is 1. The van der Waals surface area contributed by atoms with E-state index in [-0.39, 0.29) is 0 Å². The fraction of sp³-hybridized carbons (Fsp3) is 0.357. The van der Waals surface area contributed by atoms with Crippen molar-refractivity contribution in [2.75, 3.05) is 25.5 Å². The number of anilines is 1. The normalized spacial score (nSPS) is 12.6. The van der Waals surface area contributed by atoms with Crippen molar-refractivity contribution in [3.8, 4) is 0 Å². The summed E-state index contributed by atoms with van der Waals surface area (Å²) in [6.07, 6.45) is 2.73. The molecule has 0 aliphatic heterocycles. The second-order valence-electron chi connectivity index (χ2n) is 4.46. The lowest BCUT2D eigenvalue weighted by Gasteiger charge is -2.17. The number of hydrogen-bond acceptors (Lipinski definition) is 4. The molecule has 2 aromatic rings. The Morgan fingerprint density at radius 3 is 2.95 bits per heavy atom.